The predicted molar refractivity (Wildman–Crippen MR) is 81.1 cm³/mol. The molecule has 4 rings (SSSR count). The van der Waals surface area contributed by atoms with Gasteiger partial charge in [0.05, 0.1) is 0 Å². The molecular weight excluding hydrogens is 281 g/mol. The topological polar surface area (TPSA) is 44.7 Å². The minimum absolute atomic E-state index is 0.0791. The SMILES string of the molecule is O=C1NC(=Nc2ccccc2F)N2Cc3ccccc3C[C@@H]12. The Morgan fingerprint density at radius 1 is 1.09 bits per heavy atom. The zero-order chi connectivity index (χ0) is 15.1. The maximum absolute atomic E-state index is 13.8. The van der Waals surface area contributed by atoms with Crippen LogP contribution >= 0.6 is 0 Å². The highest BCUT2D eigenvalue weighted by molar-refractivity contribution is 6.07. The quantitative estimate of drug-likeness (QED) is 0.878. The zero-order valence-electron chi connectivity index (χ0n) is 11.8. The number of benzene rings is 2. The van der Waals surface area contributed by atoms with Gasteiger partial charge in [-0.1, -0.05) is 36.4 Å². The van der Waals surface area contributed by atoms with E-state index in [0.29, 0.717) is 18.9 Å². The molecule has 0 aliphatic carbocycles. The first kappa shape index (κ1) is 13.0. The molecule has 1 amide bonds. The van der Waals surface area contributed by atoms with Crippen molar-refractivity contribution >= 4 is 17.6 Å². The van der Waals surface area contributed by atoms with Gasteiger partial charge >= 0.3 is 0 Å². The number of hydrogen-bond donors (Lipinski definition) is 1. The van der Waals surface area contributed by atoms with E-state index in [1.807, 2.05) is 23.1 Å². The summed E-state index contributed by atoms with van der Waals surface area (Å²) in [6.45, 7) is 0.604. The molecule has 4 nitrogen and oxygen atoms in total. The Hall–Kier alpha value is -2.69. The number of amides is 1. The summed E-state index contributed by atoms with van der Waals surface area (Å²) in [7, 11) is 0. The van der Waals surface area contributed by atoms with Gasteiger partial charge in [0, 0.05) is 13.0 Å². The highest BCUT2D eigenvalue weighted by Crippen LogP contribution is 2.27. The van der Waals surface area contributed by atoms with Gasteiger partial charge in [0.25, 0.3) is 0 Å². The van der Waals surface area contributed by atoms with Crippen LogP contribution in [0, 0.1) is 5.82 Å². The molecule has 1 N–H and O–H groups in total. The molecule has 0 radical (unpaired) electrons. The van der Waals surface area contributed by atoms with E-state index in [9.17, 15) is 9.18 Å². The van der Waals surface area contributed by atoms with E-state index in [1.54, 1.807) is 18.2 Å². The second-order valence-corrected chi connectivity index (χ2v) is 5.49. The average Bonchev–Trinajstić information content (AvgIpc) is 2.83. The fourth-order valence-corrected chi connectivity index (χ4v) is 2.99. The van der Waals surface area contributed by atoms with Gasteiger partial charge in [-0.15, -0.1) is 0 Å². The molecule has 110 valence electrons. The van der Waals surface area contributed by atoms with Crippen molar-refractivity contribution in [1.82, 2.24) is 10.2 Å². The molecule has 2 heterocycles. The molecule has 2 aliphatic heterocycles. The van der Waals surface area contributed by atoms with Crippen LogP contribution in [0.25, 0.3) is 0 Å². The molecule has 22 heavy (non-hydrogen) atoms. The van der Waals surface area contributed by atoms with Crippen LogP contribution in [0.3, 0.4) is 0 Å². The summed E-state index contributed by atoms with van der Waals surface area (Å²) in [6.07, 6.45) is 0.651. The van der Waals surface area contributed by atoms with Crippen molar-refractivity contribution in [3.8, 4) is 0 Å². The molecule has 2 aromatic rings. The number of guanidine groups is 1. The lowest BCUT2D eigenvalue weighted by Gasteiger charge is -2.30. The second-order valence-electron chi connectivity index (χ2n) is 5.49. The number of carbonyl (C=O) groups is 1. The Labute approximate surface area is 127 Å². The molecule has 1 atom stereocenters. The number of halogens is 1. The first-order valence-corrected chi connectivity index (χ1v) is 7.20. The van der Waals surface area contributed by atoms with Crippen molar-refractivity contribution in [1.29, 1.82) is 0 Å². The molecular formula is C17H14FN3O. The molecule has 2 aromatic carbocycles. The van der Waals surface area contributed by atoms with Crippen LogP contribution in [-0.2, 0) is 17.8 Å². The molecule has 1 saturated heterocycles. The van der Waals surface area contributed by atoms with Gasteiger partial charge in [0.15, 0.2) is 0 Å². The van der Waals surface area contributed by atoms with Gasteiger partial charge < -0.3 is 4.90 Å². The third kappa shape index (κ3) is 2.06. The molecule has 0 unspecified atom stereocenters. The molecule has 2 aliphatic rings. The van der Waals surface area contributed by atoms with Gasteiger partial charge in [-0.2, -0.15) is 0 Å². The van der Waals surface area contributed by atoms with Crippen LogP contribution in [0.2, 0.25) is 0 Å². The molecule has 0 spiro atoms. The van der Waals surface area contributed by atoms with E-state index in [1.165, 1.54) is 17.2 Å². The first-order chi connectivity index (χ1) is 10.7. The summed E-state index contributed by atoms with van der Waals surface area (Å²) in [5.74, 6) is -0.0516. The lowest BCUT2D eigenvalue weighted by Crippen LogP contribution is -2.40. The summed E-state index contributed by atoms with van der Waals surface area (Å²) >= 11 is 0. The first-order valence-electron chi connectivity index (χ1n) is 7.20. The lowest BCUT2D eigenvalue weighted by atomic mass is 9.95. The molecule has 0 bridgehead atoms. The van der Waals surface area contributed by atoms with Crippen LogP contribution in [0.4, 0.5) is 10.1 Å². The van der Waals surface area contributed by atoms with Gasteiger partial charge in [-0.25, -0.2) is 9.38 Å². The summed E-state index contributed by atoms with van der Waals surface area (Å²) in [5, 5.41) is 2.78. The smallest absolute Gasteiger partial charge is 0.249 e. The lowest BCUT2D eigenvalue weighted by molar-refractivity contribution is -0.121. The fourth-order valence-electron chi connectivity index (χ4n) is 2.99. The normalized spacial score (nSPS) is 21.5. The van der Waals surface area contributed by atoms with Crippen LogP contribution in [-0.4, -0.2) is 22.8 Å². The van der Waals surface area contributed by atoms with Crippen molar-refractivity contribution in [2.24, 2.45) is 4.99 Å². The van der Waals surface area contributed by atoms with Crippen LogP contribution < -0.4 is 5.32 Å². The number of carbonyl (C=O) groups excluding carboxylic acids is 1. The highest BCUT2D eigenvalue weighted by Gasteiger charge is 2.40. The summed E-state index contributed by atoms with van der Waals surface area (Å²) < 4.78 is 13.8. The van der Waals surface area contributed by atoms with E-state index >= 15 is 0 Å². The number of fused-ring (bicyclic) bond motifs is 2. The standard InChI is InChI=1S/C17H14FN3O/c18-13-7-3-4-8-14(13)19-17-20-16(22)15-9-11-5-1-2-6-12(11)10-21(15)17/h1-8,15H,9-10H2,(H,19,20,22)/t15-/m0/s1. The number of rotatable bonds is 1. The van der Waals surface area contributed by atoms with E-state index in [2.05, 4.69) is 16.4 Å². The Bertz CT molecular complexity index is 787. The zero-order valence-corrected chi connectivity index (χ0v) is 11.8. The molecule has 1 fully saturated rings. The van der Waals surface area contributed by atoms with Gasteiger partial charge in [0.2, 0.25) is 11.9 Å². The van der Waals surface area contributed by atoms with Gasteiger partial charge in [-0.05, 0) is 23.3 Å². The van der Waals surface area contributed by atoms with E-state index in [-0.39, 0.29) is 17.6 Å². The monoisotopic (exact) mass is 295 g/mol. The Morgan fingerprint density at radius 3 is 2.64 bits per heavy atom. The van der Waals surface area contributed by atoms with E-state index in [0.717, 1.165) is 0 Å². The third-order valence-electron chi connectivity index (χ3n) is 4.14. The Kier molecular flexibility index (Phi) is 2.92. The van der Waals surface area contributed by atoms with E-state index < -0.39 is 5.82 Å². The minimum Gasteiger partial charge on any atom is -0.326 e. The fraction of sp³-hybridized carbons (Fsp3) is 0.176. The number of para-hydroxylation sites is 1. The van der Waals surface area contributed by atoms with Crippen LogP contribution in [0.5, 0.6) is 0 Å². The Morgan fingerprint density at radius 2 is 1.82 bits per heavy atom. The van der Waals surface area contributed by atoms with Crippen molar-refractivity contribution in [2.75, 3.05) is 0 Å². The molecule has 0 saturated carbocycles. The van der Waals surface area contributed by atoms with Gasteiger partial charge in [-0.3, -0.25) is 10.1 Å². The van der Waals surface area contributed by atoms with Gasteiger partial charge in [0.1, 0.15) is 17.5 Å². The van der Waals surface area contributed by atoms with Crippen LogP contribution in [0.15, 0.2) is 53.5 Å². The largest absolute Gasteiger partial charge is 0.326 e. The highest BCUT2D eigenvalue weighted by atomic mass is 19.1. The van der Waals surface area contributed by atoms with Crippen molar-refractivity contribution < 1.29 is 9.18 Å². The van der Waals surface area contributed by atoms with E-state index in [4.69, 9.17) is 0 Å². The van der Waals surface area contributed by atoms with Crippen molar-refractivity contribution in [3.05, 3.63) is 65.5 Å². The second kappa shape index (κ2) is 4.94. The Balaban J connectivity index is 1.72. The number of aliphatic imine (C=N–C) groups is 1. The third-order valence-corrected chi connectivity index (χ3v) is 4.14. The van der Waals surface area contributed by atoms with Crippen molar-refractivity contribution in [3.63, 3.8) is 0 Å². The summed E-state index contributed by atoms with van der Waals surface area (Å²) in [6, 6.07) is 14.1. The summed E-state index contributed by atoms with van der Waals surface area (Å²) in [4.78, 5) is 18.4. The maximum atomic E-state index is 13.8. The number of nitrogens with one attached hydrogen (secondary N) is 1. The maximum Gasteiger partial charge on any atom is 0.249 e. The molecule has 5 heteroatoms. The summed E-state index contributed by atoms with van der Waals surface area (Å²) in [5.41, 5.74) is 2.60. The minimum atomic E-state index is -0.398. The predicted octanol–water partition coefficient (Wildman–Crippen LogP) is 2.37. The van der Waals surface area contributed by atoms with Crippen molar-refractivity contribution in [2.45, 2.75) is 19.0 Å². The molecule has 0 aromatic heterocycles. The van der Waals surface area contributed by atoms with Crippen LogP contribution in [0.1, 0.15) is 11.1 Å². The average molecular weight is 295 g/mol. The number of nitrogens with zero attached hydrogens (tertiary/aromatic N) is 2. The number of hydrogen-bond acceptors (Lipinski definition) is 2.